The number of carboxylic acids is 1. The summed E-state index contributed by atoms with van der Waals surface area (Å²) >= 11 is 0. The number of aliphatic carboxylic acids is 1. The van der Waals surface area contributed by atoms with E-state index in [0.29, 0.717) is 25.1 Å². The van der Waals surface area contributed by atoms with Crippen molar-refractivity contribution in [2.45, 2.75) is 25.3 Å². The van der Waals surface area contributed by atoms with Gasteiger partial charge in [-0.1, -0.05) is 0 Å². The molecular formula is C13H19N5O4. The van der Waals surface area contributed by atoms with Crippen LogP contribution in [0.2, 0.25) is 0 Å². The number of rotatable bonds is 10. The van der Waals surface area contributed by atoms with E-state index >= 15 is 0 Å². The molecule has 120 valence electrons. The van der Waals surface area contributed by atoms with Gasteiger partial charge in [-0.2, -0.15) is 0 Å². The minimum absolute atomic E-state index is 0.149. The molecule has 9 nitrogen and oxygen atoms in total. The Kier molecular flexibility index (Phi) is 7.48. The number of aromatic nitrogens is 1. The molecule has 0 saturated carbocycles. The first-order valence-corrected chi connectivity index (χ1v) is 6.81. The Balaban J connectivity index is 2.76. The van der Waals surface area contributed by atoms with Crippen molar-refractivity contribution in [1.82, 2.24) is 10.3 Å². The van der Waals surface area contributed by atoms with E-state index in [2.05, 4.69) is 20.8 Å². The number of nitroso groups, excluding NO2 is 1. The van der Waals surface area contributed by atoms with Crippen molar-refractivity contribution in [2.24, 2.45) is 10.9 Å². The number of pyridine rings is 1. The normalized spacial score (nSPS) is 11.5. The van der Waals surface area contributed by atoms with Crippen molar-refractivity contribution < 1.29 is 14.7 Å². The molecule has 0 spiro atoms. The SMILES string of the molecule is NCCCC[C@H](NC(=O)c1cnccc1NCN=O)C(=O)O. The second-order valence-electron chi connectivity index (χ2n) is 4.53. The first-order chi connectivity index (χ1) is 10.6. The lowest BCUT2D eigenvalue weighted by atomic mass is 10.1. The third kappa shape index (κ3) is 5.44. The number of amides is 1. The number of nitrogens with two attached hydrogens (primary N) is 1. The molecule has 1 aromatic rings. The predicted molar refractivity (Wildman–Crippen MR) is 80.3 cm³/mol. The van der Waals surface area contributed by atoms with Crippen LogP contribution in [0.5, 0.6) is 0 Å². The Bertz CT molecular complexity index is 523. The smallest absolute Gasteiger partial charge is 0.326 e. The average molecular weight is 309 g/mol. The van der Waals surface area contributed by atoms with E-state index in [1.165, 1.54) is 18.5 Å². The highest BCUT2D eigenvalue weighted by Crippen LogP contribution is 2.14. The van der Waals surface area contributed by atoms with Crippen LogP contribution in [0.4, 0.5) is 5.69 Å². The molecular weight excluding hydrogens is 290 g/mol. The van der Waals surface area contributed by atoms with Crippen molar-refractivity contribution in [3.05, 3.63) is 28.9 Å². The fraction of sp³-hybridized carbons (Fsp3) is 0.462. The number of unbranched alkanes of at least 4 members (excludes halogenated alkanes) is 1. The Labute approximate surface area is 127 Å². The highest BCUT2D eigenvalue weighted by Gasteiger charge is 2.21. The molecule has 0 fully saturated rings. The fourth-order valence-corrected chi connectivity index (χ4v) is 1.83. The molecule has 1 heterocycles. The van der Waals surface area contributed by atoms with Crippen LogP contribution in [-0.2, 0) is 4.79 Å². The van der Waals surface area contributed by atoms with Gasteiger partial charge in [0.2, 0.25) is 0 Å². The van der Waals surface area contributed by atoms with E-state index in [4.69, 9.17) is 10.8 Å². The lowest BCUT2D eigenvalue weighted by molar-refractivity contribution is -0.139. The van der Waals surface area contributed by atoms with Crippen molar-refractivity contribution in [2.75, 3.05) is 18.5 Å². The summed E-state index contributed by atoms with van der Waals surface area (Å²) in [5.74, 6) is -1.69. The number of hydrogen-bond donors (Lipinski definition) is 4. The average Bonchev–Trinajstić information content (AvgIpc) is 2.52. The molecule has 1 atom stereocenters. The first-order valence-electron chi connectivity index (χ1n) is 6.81. The van der Waals surface area contributed by atoms with Crippen LogP contribution in [0.25, 0.3) is 0 Å². The third-order valence-corrected chi connectivity index (χ3v) is 2.95. The van der Waals surface area contributed by atoms with Crippen molar-refractivity contribution in [3.63, 3.8) is 0 Å². The van der Waals surface area contributed by atoms with Gasteiger partial charge >= 0.3 is 5.97 Å². The quantitative estimate of drug-likeness (QED) is 0.364. The van der Waals surface area contributed by atoms with E-state index < -0.39 is 17.9 Å². The largest absolute Gasteiger partial charge is 0.480 e. The summed E-state index contributed by atoms with van der Waals surface area (Å²) in [6, 6.07) is 0.501. The predicted octanol–water partition coefficient (Wildman–Crippen LogP) is 0.529. The molecule has 0 radical (unpaired) electrons. The van der Waals surface area contributed by atoms with Crippen molar-refractivity contribution in [3.8, 4) is 0 Å². The zero-order chi connectivity index (χ0) is 16.4. The summed E-state index contributed by atoms with van der Waals surface area (Å²) in [5.41, 5.74) is 5.87. The highest BCUT2D eigenvalue weighted by molar-refractivity contribution is 6.00. The van der Waals surface area contributed by atoms with E-state index in [1.54, 1.807) is 0 Å². The van der Waals surface area contributed by atoms with Crippen LogP contribution < -0.4 is 16.4 Å². The Morgan fingerprint density at radius 2 is 2.18 bits per heavy atom. The summed E-state index contributed by atoms with van der Waals surface area (Å²) in [6.45, 7) is 0.263. The maximum absolute atomic E-state index is 12.2. The molecule has 9 heteroatoms. The Morgan fingerprint density at radius 1 is 1.41 bits per heavy atom. The number of nitrogens with zero attached hydrogens (tertiary/aromatic N) is 2. The number of anilines is 1. The van der Waals surface area contributed by atoms with Gasteiger partial charge in [0.1, 0.15) is 12.7 Å². The van der Waals surface area contributed by atoms with Gasteiger partial charge in [-0.25, -0.2) is 4.79 Å². The van der Waals surface area contributed by atoms with E-state index in [9.17, 15) is 14.5 Å². The van der Waals surface area contributed by atoms with E-state index in [0.717, 1.165) is 0 Å². The minimum Gasteiger partial charge on any atom is -0.480 e. The molecule has 0 bridgehead atoms. The van der Waals surface area contributed by atoms with Gasteiger partial charge in [0.15, 0.2) is 0 Å². The summed E-state index contributed by atoms with van der Waals surface area (Å²) in [5, 5.41) is 16.9. The van der Waals surface area contributed by atoms with Gasteiger partial charge in [0.25, 0.3) is 5.91 Å². The summed E-state index contributed by atoms with van der Waals surface area (Å²) in [6.07, 6.45) is 4.31. The second-order valence-corrected chi connectivity index (χ2v) is 4.53. The van der Waals surface area contributed by atoms with E-state index in [1.807, 2.05) is 0 Å². The molecule has 0 aliphatic carbocycles. The first kappa shape index (κ1) is 17.5. The molecule has 0 aliphatic heterocycles. The maximum Gasteiger partial charge on any atom is 0.326 e. The van der Waals surface area contributed by atoms with Gasteiger partial charge in [-0.05, 0) is 37.1 Å². The topological polar surface area (TPSA) is 147 Å². The van der Waals surface area contributed by atoms with Crippen LogP contribution in [0, 0.1) is 4.91 Å². The summed E-state index contributed by atoms with van der Waals surface area (Å²) < 4.78 is 0. The number of carboxylic acid groups (broad SMARTS) is 1. The third-order valence-electron chi connectivity index (χ3n) is 2.95. The number of carbonyl (C=O) groups is 2. The lowest BCUT2D eigenvalue weighted by Crippen LogP contribution is -2.41. The molecule has 1 aromatic heterocycles. The Morgan fingerprint density at radius 3 is 2.82 bits per heavy atom. The molecule has 0 aliphatic rings. The Hall–Kier alpha value is -2.55. The monoisotopic (exact) mass is 309 g/mol. The molecule has 5 N–H and O–H groups in total. The second kappa shape index (κ2) is 9.40. The van der Waals surface area contributed by atoms with E-state index in [-0.39, 0.29) is 18.7 Å². The standard InChI is InChI=1S/C13H19N5O4/c14-5-2-1-3-11(13(20)21)18-12(19)9-7-15-6-4-10(9)16-8-17-22/h4,6-7,11H,1-3,5,8,14H2,(H,15,16)(H,18,19)(H,20,21)/t11-/m0/s1. The molecule has 0 aromatic carbocycles. The highest BCUT2D eigenvalue weighted by atomic mass is 16.4. The van der Waals surface area contributed by atoms with Gasteiger partial charge in [0.05, 0.1) is 11.3 Å². The zero-order valence-corrected chi connectivity index (χ0v) is 12.0. The van der Waals surface area contributed by atoms with Gasteiger partial charge in [0, 0.05) is 12.4 Å². The molecule has 22 heavy (non-hydrogen) atoms. The summed E-state index contributed by atoms with van der Waals surface area (Å²) in [7, 11) is 0. The number of hydrogen-bond acceptors (Lipinski definition) is 7. The molecule has 1 rings (SSSR count). The van der Waals surface area contributed by atoms with Crippen LogP contribution >= 0.6 is 0 Å². The van der Waals surface area contributed by atoms with Crippen molar-refractivity contribution >= 4 is 17.6 Å². The number of carbonyl (C=O) groups excluding carboxylic acids is 1. The van der Waals surface area contributed by atoms with Crippen molar-refractivity contribution in [1.29, 1.82) is 0 Å². The van der Waals surface area contributed by atoms with Crippen LogP contribution in [0.3, 0.4) is 0 Å². The fourth-order valence-electron chi connectivity index (χ4n) is 1.83. The van der Waals surface area contributed by atoms with Crippen LogP contribution in [0.15, 0.2) is 23.6 Å². The summed E-state index contributed by atoms with van der Waals surface area (Å²) in [4.78, 5) is 37.4. The molecule has 0 saturated heterocycles. The zero-order valence-electron chi connectivity index (χ0n) is 12.0. The van der Waals surface area contributed by atoms with Gasteiger partial charge in [-0.15, -0.1) is 4.91 Å². The molecule has 1 amide bonds. The number of nitrogens with one attached hydrogen (secondary N) is 2. The molecule has 0 unspecified atom stereocenters. The lowest BCUT2D eigenvalue weighted by Gasteiger charge is -2.15. The van der Waals surface area contributed by atoms with Crippen LogP contribution in [-0.4, -0.2) is 41.2 Å². The maximum atomic E-state index is 12.2. The van der Waals surface area contributed by atoms with Crippen LogP contribution in [0.1, 0.15) is 29.6 Å². The van der Waals surface area contributed by atoms with Gasteiger partial charge in [-0.3, -0.25) is 9.78 Å². The van der Waals surface area contributed by atoms with Gasteiger partial charge < -0.3 is 21.5 Å². The minimum atomic E-state index is -1.11.